The van der Waals surface area contributed by atoms with Gasteiger partial charge in [0.2, 0.25) is 0 Å². The quantitative estimate of drug-likeness (QED) is 0.737. The van der Waals surface area contributed by atoms with Crippen LogP contribution >= 0.6 is 0 Å². The van der Waals surface area contributed by atoms with E-state index in [1.165, 1.54) is 32.1 Å². The SMILES string of the molecule is O=Cc1ccc2onc(C3CCCCC3)c2c1. The first-order valence-electron chi connectivity index (χ1n) is 6.23. The van der Waals surface area contributed by atoms with E-state index in [0.717, 1.165) is 22.9 Å². The fraction of sp³-hybridized carbons (Fsp3) is 0.429. The topological polar surface area (TPSA) is 43.1 Å². The van der Waals surface area contributed by atoms with E-state index in [0.29, 0.717) is 11.5 Å². The maximum atomic E-state index is 10.8. The van der Waals surface area contributed by atoms with Crippen LogP contribution in [0.2, 0.25) is 0 Å². The highest BCUT2D eigenvalue weighted by atomic mass is 16.5. The van der Waals surface area contributed by atoms with Gasteiger partial charge in [0.15, 0.2) is 5.58 Å². The molecule has 0 aliphatic heterocycles. The smallest absolute Gasteiger partial charge is 0.167 e. The molecule has 0 N–H and O–H groups in total. The Labute approximate surface area is 99.8 Å². The minimum absolute atomic E-state index is 0.506. The van der Waals surface area contributed by atoms with Crippen LogP contribution in [0.5, 0.6) is 0 Å². The van der Waals surface area contributed by atoms with Gasteiger partial charge in [0.05, 0.1) is 5.69 Å². The van der Waals surface area contributed by atoms with E-state index in [1.807, 2.05) is 12.1 Å². The predicted octanol–water partition coefficient (Wildman–Crippen LogP) is 3.69. The van der Waals surface area contributed by atoms with Crippen LogP contribution in [0.15, 0.2) is 22.7 Å². The maximum absolute atomic E-state index is 10.8. The fourth-order valence-electron chi connectivity index (χ4n) is 2.72. The average Bonchev–Trinajstić information content (AvgIpc) is 2.82. The highest BCUT2D eigenvalue weighted by Gasteiger charge is 2.21. The zero-order valence-corrected chi connectivity index (χ0v) is 9.69. The van der Waals surface area contributed by atoms with Crippen molar-refractivity contribution in [3.05, 3.63) is 29.5 Å². The monoisotopic (exact) mass is 229 g/mol. The van der Waals surface area contributed by atoms with Crippen LogP contribution in [-0.4, -0.2) is 11.4 Å². The number of rotatable bonds is 2. The molecule has 88 valence electrons. The van der Waals surface area contributed by atoms with E-state index in [1.54, 1.807) is 6.07 Å². The number of aldehydes is 1. The molecule has 0 radical (unpaired) electrons. The van der Waals surface area contributed by atoms with E-state index >= 15 is 0 Å². The number of hydrogen-bond donors (Lipinski definition) is 0. The van der Waals surface area contributed by atoms with E-state index < -0.39 is 0 Å². The Morgan fingerprint density at radius 2 is 2.06 bits per heavy atom. The van der Waals surface area contributed by atoms with Gasteiger partial charge in [0, 0.05) is 16.9 Å². The molecule has 0 atom stereocenters. The summed E-state index contributed by atoms with van der Waals surface area (Å²) < 4.78 is 5.34. The molecule has 2 aromatic rings. The molecule has 1 aliphatic rings. The van der Waals surface area contributed by atoms with Crippen molar-refractivity contribution in [2.45, 2.75) is 38.0 Å². The lowest BCUT2D eigenvalue weighted by molar-refractivity contribution is 0.112. The molecular formula is C14H15NO2. The summed E-state index contributed by atoms with van der Waals surface area (Å²) in [6, 6.07) is 5.49. The van der Waals surface area contributed by atoms with Crippen LogP contribution in [0, 0.1) is 0 Å². The van der Waals surface area contributed by atoms with Gasteiger partial charge in [-0.2, -0.15) is 0 Å². The van der Waals surface area contributed by atoms with Gasteiger partial charge in [-0.25, -0.2) is 0 Å². The highest BCUT2D eigenvalue weighted by Crippen LogP contribution is 2.35. The molecule has 0 saturated heterocycles. The third-order valence-corrected chi connectivity index (χ3v) is 3.65. The zero-order chi connectivity index (χ0) is 11.7. The second-order valence-electron chi connectivity index (χ2n) is 4.78. The normalized spacial score (nSPS) is 17.4. The molecule has 1 fully saturated rings. The molecule has 1 aliphatic carbocycles. The molecule has 0 spiro atoms. The number of fused-ring (bicyclic) bond motifs is 1. The van der Waals surface area contributed by atoms with Crippen LogP contribution < -0.4 is 0 Å². The molecular weight excluding hydrogens is 214 g/mol. The van der Waals surface area contributed by atoms with Crippen molar-refractivity contribution >= 4 is 17.3 Å². The molecule has 0 bridgehead atoms. The van der Waals surface area contributed by atoms with E-state index in [9.17, 15) is 4.79 Å². The van der Waals surface area contributed by atoms with Crippen molar-refractivity contribution in [1.82, 2.24) is 5.16 Å². The van der Waals surface area contributed by atoms with E-state index in [4.69, 9.17) is 4.52 Å². The number of aromatic nitrogens is 1. The molecule has 1 aromatic carbocycles. The fourth-order valence-corrected chi connectivity index (χ4v) is 2.72. The van der Waals surface area contributed by atoms with Crippen LogP contribution in [0.3, 0.4) is 0 Å². The van der Waals surface area contributed by atoms with Crippen molar-refractivity contribution in [3.63, 3.8) is 0 Å². The Bertz CT molecular complexity index is 538. The van der Waals surface area contributed by atoms with Crippen LogP contribution in [0.1, 0.15) is 54.1 Å². The van der Waals surface area contributed by atoms with Crippen LogP contribution in [0.4, 0.5) is 0 Å². The largest absolute Gasteiger partial charge is 0.356 e. The van der Waals surface area contributed by atoms with Gasteiger partial charge in [-0.1, -0.05) is 24.4 Å². The molecule has 0 unspecified atom stereocenters. The number of benzene rings is 1. The van der Waals surface area contributed by atoms with Crippen LogP contribution in [0.25, 0.3) is 11.0 Å². The third kappa shape index (κ3) is 1.86. The van der Waals surface area contributed by atoms with Crippen molar-refractivity contribution in [2.75, 3.05) is 0 Å². The van der Waals surface area contributed by atoms with Crippen molar-refractivity contribution in [2.24, 2.45) is 0 Å². The lowest BCUT2D eigenvalue weighted by Gasteiger charge is -2.19. The van der Waals surface area contributed by atoms with Crippen molar-refractivity contribution < 1.29 is 9.32 Å². The van der Waals surface area contributed by atoms with Gasteiger partial charge in [-0.05, 0) is 31.0 Å². The van der Waals surface area contributed by atoms with Crippen molar-refractivity contribution in [1.29, 1.82) is 0 Å². The van der Waals surface area contributed by atoms with Gasteiger partial charge in [-0.15, -0.1) is 0 Å². The first kappa shape index (κ1) is 10.5. The van der Waals surface area contributed by atoms with Gasteiger partial charge in [-0.3, -0.25) is 4.79 Å². The summed E-state index contributed by atoms with van der Waals surface area (Å²) in [4.78, 5) is 10.8. The first-order chi connectivity index (χ1) is 8.38. The predicted molar refractivity (Wildman–Crippen MR) is 65.2 cm³/mol. The number of hydrogen-bond acceptors (Lipinski definition) is 3. The lowest BCUT2D eigenvalue weighted by atomic mass is 9.86. The Hall–Kier alpha value is -1.64. The van der Waals surface area contributed by atoms with E-state index in [2.05, 4.69) is 5.16 Å². The summed E-state index contributed by atoms with van der Waals surface area (Å²) in [6.45, 7) is 0. The number of carbonyl (C=O) groups excluding carboxylic acids is 1. The second kappa shape index (κ2) is 4.32. The molecule has 17 heavy (non-hydrogen) atoms. The third-order valence-electron chi connectivity index (χ3n) is 3.65. The standard InChI is InChI=1S/C14H15NO2/c16-9-10-6-7-13-12(8-10)14(15-17-13)11-4-2-1-3-5-11/h6-9,11H,1-5H2. The molecule has 0 amide bonds. The maximum Gasteiger partial charge on any atom is 0.167 e. The highest BCUT2D eigenvalue weighted by molar-refractivity contribution is 5.87. The van der Waals surface area contributed by atoms with Gasteiger partial charge in [0.1, 0.15) is 6.29 Å². The van der Waals surface area contributed by atoms with E-state index in [-0.39, 0.29) is 0 Å². The Kier molecular flexibility index (Phi) is 2.67. The average molecular weight is 229 g/mol. The molecule has 1 saturated carbocycles. The van der Waals surface area contributed by atoms with Gasteiger partial charge in [0.25, 0.3) is 0 Å². The van der Waals surface area contributed by atoms with Crippen molar-refractivity contribution in [3.8, 4) is 0 Å². The Morgan fingerprint density at radius 1 is 1.24 bits per heavy atom. The molecule has 3 heteroatoms. The molecule has 1 heterocycles. The van der Waals surface area contributed by atoms with Gasteiger partial charge < -0.3 is 4.52 Å². The first-order valence-corrected chi connectivity index (χ1v) is 6.23. The summed E-state index contributed by atoms with van der Waals surface area (Å²) in [6.07, 6.45) is 7.11. The lowest BCUT2D eigenvalue weighted by Crippen LogP contribution is -2.05. The molecule has 3 rings (SSSR count). The van der Waals surface area contributed by atoms with Crippen LogP contribution in [-0.2, 0) is 0 Å². The minimum Gasteiger partial charge on any atom is -0.356 e. The minimum atomic E-state index is 0.506. The molecule has 3 nitrogen and oxygen atoms in total. The zero-order valence-electron chi connectivity index (χ0n) is 9.69. The Balaban J connectivity index is 2.05. The summed E-state index contributed by atoms with van der Waals surface area (Å²) in [7, 11) is 0. The number of nitrogens with zero attached hydrogens (tertiary/aromatic N) is 1. The molecule has 1 aromatic heterocycles. The second-order valence-corrected chi connectivity index (χ2v) is 4.78. The summed E-state index contributed by atoms with van der Waals surface area (Å²) in [5.74, 6) is 0.506. The summed E-state index contributed by atoms with van der Waals surface area (Å²) >= 11 is 0. The summed E-state index contributed by atoms with van der Waals surface area (Å²) in [5.41, 5.74) is 2.53. The van der Waals surface area contributed by atoms with Gasteiger partial charge >= 0.3 is 0 Å². The number of carbonyl (C=O) groups is 1. The summed E-state index contributed by atoms with van der Waals surface area (Å²) in [5, 5.41) is 5.22. The Morgan fingerprint density at radius 3 is 2.82 bits per heavy atom.